The van der Waals surface area contributed by atoms with Gasteiger partial charge in [0.05, 0.1) is 12.1 Å². The Morgan fingerprint density at radius 1 is 1.32 bits per heavy atom. The molecule has 0 aliphatic rings. The number of aromatic nitrogens is 1. The molecule has 100 valence electrons. The van der Waals surface area contributed by atoms with Crippen LogP contribution in [0.15, 0.2) is 24.3 Å². The van der Waals surface area contributed by atoms with Crippen molar-refractivity contribution in [2.24, 2.45) is 0 Å². The van der Waals surface area contributed by atoms with E-state index in [4.69, 9.17) is 4.74 Å². The highest BCUT2D eigenvalue weighted by atomic mass is 16.5. The van der Waals surface area contributed by atoms with Crippen LogP contribution in [0.2, 0.25) is 0 Å². The lowest BCUT2D eigenvalue weighted by molar-refractivity contribution is 0.0691. The molecule has 0 fully saturated rings. The first-order chi connectivity index (χ1) is 9.15. The van der Waals surface area contributed by atoms with E-state index < -0.39 is 5.97 Å². The number of aryl methyl sites for hydroxylation is 1. The maximum atomic E-state index is 11.3. The Kier molecular flexibility index (Phi) is 4.00. The van der Waals surface area contributed by atoms with Gasteiger partial charge in [0.1, 0.15) is 5.56 Å². The van der Waals surface area contributed by atoms with Gasteiger partial charge >= 0.3 is 5.97 Å². The summed E-state index contributed by atoms with van der Waals surface area (Å²) in [5, 5.41) is 10.1. The zero-order chi connectivity index (χ0) is 13.8. The van der Waals surface area contributed by atoms with Crippen molar-refractivity contribution >= 4 is 16.9 Å². The molecule has 0 aliphatic heterocycles. The van der Waals surface area contributed by atoms with Crippen molar-refractivity contribution in [2.75, 3.05) is 6.61 Å². The molecular formula is C15H17NO3. The topological polar surface area (TPSA) is 59.4 Å². The van der Waals surface area contributed by atoms with E-state index in [0.29, 0.717) is 6.61 Å². The second-order valence-electron chi connectivity index (χ2n) is 4.38. The first-order valence-corrected chi connectivity index (χ1v) is 6.45. The van der Waals surface area contributed by atoms with Crippen LogP contribution >= 0.6 is 0 Å². The zero-order valence-electron chi connectivity index (χ0n) is 11.1. The molecule has 19 heavy (non-hydrogen) atoms. The summed E-state index contributed by atoms with van der Waals surface area (Å²) < 4.78 is 5.42. The zero-order valence-corrected chi connectivity index (χ0v) is 11.1. The minimum Gasteiger partial charge on any atom is -0.477 e. The first kappa shape index (κ1) is 13.3. The molecule has 1 aromatic heterocycles. The molecule has 2 rings (SSSR count). The van der Waals surface area contributed by atoms with Crippen molar-refractivity contribution in [1.29, 1.82) is 0 Å². The lowest BCUT2D eigenvalue weighted by Crippen LogP contribution is -2.06. The number of carboxylic acids is 1. The Morgan fingerprint density at radius 2 is 2.11 bits per heavy atom. The van der Waals surface area contributed by atoms with Gasteiger partial charge in [-0.2, -0.15) is 0 Å². The fraction of sp³-hybridized carbons (Fsp3) is 0.333. The molecule has 0 unspecified atom stereocenters. The van der Waals surface area contributed by atoms with Crippen LogP contribution in [-0.4, -0.2) is 22.7 Å². The van der Waals surface area contributed by atoms with E-state index >= 15 is 0 Å². The van der Waals surface area contributed by atoms with Crippen molar-refractivity contribution in [3.05, 3.63) is 35.4 Å². The number of aromatic carboxylic acids is 1. The van der Waals surface area contributed by atoms with E-state index in [9.17, 15) is 9.90 Å². The summed E-state index contributed by atoms with van der Waals surface area (Å²) in [5.41, 5.74) is 2.04. The average Bonchev–Trinajstić information content (AvgIpc) is 2.43. The third-order valence-electron chi connectivity index (χ3n) is 2.93. The first-order valence-electron chi connectivity index (χ1n) is 6.45. The van der Waals surface area contributed by atoms with E-state index in [1.54, 1.807) is 6.07 Å². The Hall–Kier alpha value is -2.10. The van der Waals surface area contributed by atoms with Crippen molar-refractivity contribution < 1.29 is 14.6 Å². The largest absolute Gasteiger partial charge is 0.477 e. The third kappa shape index (κ3) is 2.84. The van der Waals surface area contributed by atoms with Gasteiger partial charge in [-0.1, -0.05) is 19.9 Å². The summed E-state index contributed by atoms with van der Waals surface area (Å²) >= 11 is 0. The summed E-state index contributed by atoms with van der Waals surface area (Å²) in [6.45, 7) is 4.49. The van der Waals surface area contributed by atoms with Crippen molar-refractivity contribution in [3.63, 3.8) is 0 Å². The van der Waals surface area contributed by atoms with E-state index in [2.05, 4.69) is 11.9 Å². The molecule has 1 N–H and O–H groups in total. The molecule has 1 aromatic carbocycles. The minimum atomic E-state index is -1.01. The van der Waals surface area contributed by atoms with Crippen LogP contribution in [0, 0.1) is 0 Å². The van der Waals surface area contributed by atoms with Gasteiger partial charge in [-0.15, -0.1) is 0 Å². The Bertz CT molecular complexity index is 608. The number of carbonyl (C=O) groups is 1. The van der Waals surface area contributed by atoms with Crippen molar-refractivity contribution in [1.82, 2.24) is 4.98 Å². The highest BCUT2D eigenvalue weighted by Gasteiger charge is 2.14. The Balaban J connectivity index is 2.55. The minimum absolute atomic E-state index is 0.120. The lowest BCUT2D eigenvalue weighted by atomic mass is 10.1. The second-order valence-corrected chi connectivity index (χ2v) is 4.38. The van der Waals surface area contributed by atoms with E-state index in [0.717, 1.165) is 29.3 Å². The number of nitrogens with zero attached hydrogens (tertiary/aromatic N) is 1. The number of ether oxygens (including phenoxy) is 1. The fourth-order valence-corrected chi connectivity index (χ4v) is 1.89. The van der Waals surface area contributed by atoms with Gasteiger partial charge in [0.2, 0.25) is 5.88 Å². The quantitative estimate of drug-likeness (QED) is 0.895. The molecule has 0 bridgehead atoms. The Morgan fingerprint density at radius 3 is 2.74 bits per heavy atom. The molecule has 4 nitrogen and oxygen atoms in total. The fourth-order valence-electron chi connectivity index (χ4n) is 1.89. The molecule has 0 radical (unpaired) electrons. The van der Waals surface area contributed by atoms with Crippen LogP contribution in [0.4, 0.5) is 0 Å². The van der Waals surface area contributed by atoms with Crippen LogP contribution in [0.3, 0.4) is 0 Å². The van der Waals surface area contributed by atoms with Crippen molar-refractivity contribution in [3.8, 4) is 5.88 Å². The molecule has 1 heterocycles. The van der Waals surface area contributed by atoms with Crippen LogP contribution in [0.1, 0.15) is 36.2 Å². The summed E-state index contributed by atoms with van der Waals surface area (Å²) in [7, 11) is 0. The third-order valence-corrected chi connectivity index (χ3v) is 2.93. The number of hydrogen-bond acceptors (Lipinski definition) is 3. The number of hydrogen-bond donors (Lipinski definition) is 1. The number of pyridine rings is 1. The molecule has 0 saturated heterocycles. The predicted molar refractivity (Wildman–Crippen MR) is 73.9 cm³/mol. The average molecular weight is 259 g/mol. The number of benzene rings is 1. The molecule has 0 saturated carbocycles. The smallest absolute Gasteiger partial charge is 0.341 e. The number of rotatable bonds is 5. The van der Waals surface area contributed by atoms with Crippen LogP contribution in [-0.2, 0) is 6.42 Å². The summed E-state index contributed by atoms with van der Waals surface area (Å²) in [4.78, 5) is 15.6. The Labute approximate surface area is 112 Å². The SMILES string of the molecule is CCCOc1nc2ccc(CC)cc2cc1C(=O)O. The predicted octanol–water partition coefficient (Wildman–Crippen LogP) is 3.28. The maximum absolute atomic E-state index is 11.3. The highest BCUT2D eigenvalue weighted by molar-refractivity contribution is 5.95. The monoisotopic (exact) mass is 259 g/mol. The summed E-state index contributed by atoms with van der Waals surface area (Å²) in [6, 6.07) is 7.51. The van der Waals surface area contributed by atoms with E-state index in [1.165, 1.54) is 0 Å². The lowest BCUT2D eigenvalue weighted by Gasteiger charge is -2.09. The van der Waals surface area contributed by atoms with Gasteiger partial charge in [0.15, 0.2) is 0 Å². The molecule has 0 spiro atoms. The van der Waals surface area contributed by atoms with E-state index in [-0.39, 0.29) is 11.4 Å². The standard InChI is InChI=1S/C15H17NO3/c1-3-7-19-14-12(15(17)18)9-11-8-10(4-2)5-6-13(11)16-14/h5-6,8-9H,3-4,7H2,1-2H3,(H,17,18). The normalized spacial score (nSPS) is 10.6. The number of carboxylic acid groups (broad SMARTS) is 1. The highest BCUT2D eigenvalue weighted by Crippen LogP contribution is 2.23. The van der Waals surface area contributed by atoms with Crippen molar-refractivity contribution in [2.45, 2.75) is 26.7 Å². The van der Waals surface area contributed by atoms with Crippen LogP contribution < -0.4 is 4.74 Å². The summed E-state index contributed by atoms with van der Waals surface area (Å²) in [5.74, 6) is -0.812. The second kappa shape index (κ2) is 5.69. The molecule has 4 heteroatoms. The summed E-state index contributed by atoms with van der Waals surface area (Å²) in [6.07, 6.45) is 1.72. The van der Waals surface area contributed by atoms with Gasteiger partial charge < -0.3 is 9.84 Å². The van der Waals surface area contributed by atoms with Gasteiger partial charge in [0.25, 0.3) is 0 Å². The van der Waals surface area contributed by atoms with Gasteiger partial charge in [-0.05, 0) is 36.6 Å². The van der Waals surface area contributed by atoms with Gasteiger partial charge in [-0.25, -0.2) is 9.78 Å². The van der Waals surface area contributed by atoms with E-state index in [1.807, 2.05) is 25.1 Å². The molecule has 0 amide bonds. The van der Waals surface area contributed by atoms with Gasteiger partial charge in [0, 0.05) is 5.39 Å². The van der Waals surface area contributed by atoms with Gasteiger partial charge in [-0.3, -0.25) is 0 Å². The van der Waals surface area contributed by atoms with Crippen LogP contribution in [0.5, 0.6) is 5.88 Å². The number of fused-ring (bicyclic) bond motifs is 1. The molecule has 0 aliphatic carbocycles. The maximum Gasteiger partial charge on any atom is 0.341 e. The molecule has 0 atom stereocenters. The van der Waals surface area contributed by atoms with Crippen LogP contribution in [0.25, 0.3) is 10.9 Å². The molecular weight excluding hydrogens is 242 g/mol. The molecule has 2 aromatic rings.